The smallest absolute Gasteiger partial charge is 0.248 e. The van der Waals surface area contributed by atoms with E-state index in [-0.39, 0.29) is 18.8 Å². The molecule has 3 fully saturated rings. The normalized spacial score (nSPS) is 35.3. The van der Waals surface area contributed by atoms with E-state index in [0.29, 0.717) is 5.41 Å². The molecule has 1 aliphatic heterocycles. The molecule has 0 aromatic heterocycles. The second-order valence-electron chi connectivity index (χ2n) is 6.97. The molecule has 18 heavy (non-hydrogen) atoms. The Morgan fingerprint density at radius 3 is 2.28 bits per heavy atom. The zero-order valence-electron chi connectivity index (χ0n) is 11.2. The molecule has 1 heterocycles. The Labute approximate surface area is 109 Å². The highest BCUT2D eigenvalue weighted by atomic mass is 19.3. The van der Waals surface area contributed by atoms with Crippen molar-refractivity contribution in [3.05, 3.63) is 0 Å². The van der Waals surface area contributed by atoms with E-state index in [2.05, 4.69) is 5.32 Å². The van der Waals surface area contributed by atoms with Crippen molar-refractivity contribution < 1.29 is 8.78 Å². The van der Waals surface area contributed by atoms with Gasteiger partial charge in [-0.3, -0.25) is 0 Å². The molecule has 0 aromatic carbocycles. The fraction of sp³-hybridized carbons (Fsp3) is 1.00. The van der Waals surface area contributed by atoms with Gasteiger partial charge in [0.2, 0.25) is 5.92 Å². The Kier molecular flexibility index (Phi) is 3.38. The summed E-state index contributed by atoms with van der Waals surface area (Å²) < 4.78 is 27.0. The fourth-order valence-electron chi connectivity index (χ4n) is 4.61. The minimum atomic E-state index is -2.38. The van der Waals surface area contributed by atoms with Gasteiger partial charge in [0.15, 0.2) is 0 Å². The third kappa shape index (κ3) is 2.43. The van der Waals surface area contributed by atoms with E-state index in [1.807, 2.05) is 0 Å². The summed E-state index contributed by atoms with van der Waals surface area (Å²) >= 11 is 0. The summed E-state index contributed by atoms with van der Waals surface area (Å²) in [4.78, 5) is 0. The topological polar surface area (TPSA) is 12.0 Å². The predicted octanol–water partition coefficient (Wildman–Crippen LogP) is 3.98. The predicted molar refractivity (Wildman–Crippen MR) is 68.8 cm³/mol. The number of halogens is 2. The van der Waals surface area contributed by atoms with Gasteiger partial charge in [-0.1, -0.05) is 12.8 Å². The maximum Gasteiger partial charge on any atom is 0.248 e. The standard InChI is InChI=1S/C15H25F2N/c16-15(17)7-3-4-12(9-15)8-14(10-18-11-14)13-5-1-2-6-13/h12-13,18H,1-11H2. The number of alkyl halides is 2. The zero-order valence-corrected chi connectivity index (χ0v) is 11.2. The maximum absolute atomic E-state index is 13.5. The molecule has 0 bridgehead atoms. The van der Waals surface area contributed by atoms with E-state index >= 15 is 0 Å². The van der Waals surface area contributed by atoms with Crippen molar-refractivity contribution in [2.75, 3.05) is 13.1 Å². The second kappa shape index (κ2) is 4.73. The van der Waals surface area contributed by atoms with Crippen LogP contribution < -0.4 is 5.32 Å². The van der Waals surface area contributed by atoms with Gasteiger partial charge in [-0.15, -0.1) is 0 Å². The molecule has 1 N–H and O–H groups in total. The molecule has 3 aliphatic rings. The highest BCUT2D eigenvalue weighted by Crippen LogP contribution is 2.50. The first-order valence-corrected chi connectivity index (χ1v) is 7.68. The molecule has 0 radical (unpaired) electrons. The molecule has 2 aliphatic carbocycles. The van der Waals surface area contributed by atoms with Crippen molar-refractivity contribution >= 4 is 0 Å². The summed E-state index contributed by atoms with van der Waals surface area (Å²) in [5, 5.41) is 3.40. The average Bonchev–Trinajstić information content (AvgIpc) is 2.75. The Morgan fingerprint density at radius 1 is 1.00 bits per heavy atom. The molecule has 3 heteroatoms. The van der Waals surface area contributed by atoms with Gasteiger partial charge in [-0.2, -0.15) is 0 Å². The van der Waals surface area contributed by atoms with E-state index in [1.165, 1.54) is 25.7 Å². The van der Waals surface area contributed by atoms with Crippen molar-refractivity contribution in [2.45, 2.75) is 63.7 Å². The van der Waals surface area contributed by atoms with E-state index in [9.17, 15) is 8.78 Å². The quantitative estimate of drug-likeness (QED) is 0.806. The Morgan fingerprint density at radius 2 is 1.72 bits per heavy atom. The van der Waals surface area contributed by atoms with Gasteiger partial charge in [0.25, 0.3) is 0 Å². The minimum absolute atomic E-state index is 0.123. The lowest BCUT2D eigenvalue weighted by Gasteiger charge is -2.50. The van der Waals surface area contributed by atoms with E-state index in [0.717, 1.165) is 38.3 Å². The maximum atomic E-state index is 13.5. The highest BCUT2D eigenvalue weighted by molar-refractivity contribution is 5.00. The first kappa shape index (κ1) is 12.8. The molecule has 2 saturated carbocycles. The number of hydrogen-bond acceptors (Lipinski definition) is 1. The molecular weight excluding hydrogens is 232 g/mol. The lowest BCUT2D eigenvalue weighted by Crippen LogP contribution is -2.58. The molecule has 0 spiro atoms. The molecule has 1 unspecified atom stereocenters. The summed E-state index contributed by atoms with van der Waals surface area (Å²) in [5.41, 5.74) is 0.384. The summed E-state index contributed by atoms with van der Waals surface area (Å²) in [7, 11) is 0. The van der Waals surface area contributed by atoms with Crippen LogP contribution in [0.1, 0.15) is 57.8 Å². The van der Waals surface area contributed by atoms with E-state index in [1.54, 1.807) is 0 Å². The van der Waals surface area contributed by atoms with E-state index < -0.39 is 5.92 Å². The van der Waals surface area contributed by atoms with Gasteiger partial charge >= 0.3 is 0 Å². The van der Waals surface area contributed by atoms with Gasteiger partial charge in [0.1, 0.15) is 0 Å². The number of rotatable bonds is 3. The van der Waals surface area contributed by atoms with Crippen LogP contribution in [0.3, 0.4) is 0 Å². The van der Waals surface area contributed by atoms with Crippen molar-refractivity contribution in [3.63, 3.8) is 0 Å². The van der Waals surface area contributed by atoms with Crippen LogP contribution in [-0.4, -0.2) is 19.0 Å². The third-order valence-electron chi connectivity index (χ3n) is 5.61. The Bertz CT molecular complexity index is 293. The van der Waals surface area contributed by atoms with Crippen LogP contribution in [0.5, 0.6) is 0 Å². The van der Waals surface area contributed by atoms with Crippen LogP contribution >= 0.6 is 0 Å². The first-order chi connectivity index (χ1) is 8.60. The molecule has 0 amide bonds. The summed E-state index contributed by atoms with van der Waals surface area (Å²) in [5.74, 6) is -1.29. The monoisotopic (exact) mass is 257 g/mol. The van der Waals surface area contributed by atoms with Crippen LogP contribution in [-0.2, 0) is 0 Å². The molecule has 104 valence electrons. The van der Waals surface area contributed by atoms with Crippen LogP contribution in [0.4, 0.5) is 8.78 Å². The van der Waals surface area contributed by atoms with Gasteiger partial charge in [-0.25, -0.2) is 8.78 Å². The lowest BCUT2D eigenvalue weighted by atomic mass is 9.63. The van der Waals surface area contributed by atoms with E-state index in [4.69, 9.17) is 0 Å². The van der Waals surface area contributed by atoms with Crippen LogP contribution in [0.25, 0.3) is 0 Å². The molecule has 0 aromatic rings. The van der Waals surface area contributed by atoms with Gasteiger partial charge in [0.05, 0.1) is 0 Å². The molecule has 1 atom stereocenters. The van der Waals surface area contributed by atoms with Crippen LogP contribution in [0.2, 0.25) is 0 Å². The summed E-state index contributed by atoms with van der Waals surface area (Å²) in [6.07, 6.45) is 8.48. The van der Waals surface area contributed by atoms with Gasteiger partial charge < -0.3 is 5.32 Å². The largest absolute Gasteiger partial charge is 0.316 e. The Balaban J connectivity index is 1.63. The molecule has 1 saturated heterocycles. The summed E-state index contributed by atoms with van der Waals surface area (Å²) in [6, 6.07) is 0. The molecule has 3 rings (SSSR count). The van der Waals surface area contributed by atoms with Gasteiger partial charge in [0, 0.05) is 25.9 Å². The van der Waals surface area contributed by atoms with Crippen LogP contribution in [0.15, 0.2) is 0 Å². The zero-order chi connectivity index (χ0) is 12.6. The Hall–Kier alpha value is -0.180. The third-order valence-corrected chi connectivity index (χ3v) is 5.61. The number of nitrogens with one attached hydrogen (secondary N) is 1. The second-order valence-corrected chi connectivity index (χ2v) is 6.97. The molecule has 1 nitrogen and oxygen atoms in total. The summed E-state index contributed by atoms with van der Waals surface area (Å²) in [6.45, 7) is 2.17. The SMILES string of the molecule is FC1(F)CCCC(CC2(C3CCCC3)CNC2)C1. The minimum Gasteiger partial charge on any atom is -0.316 e. The van der Waals surface area contributed by atoms with Crippen molar-refractivity contribution in [1.82, 2.24) is 5.32 Å². The first-order valence-electron chi connectivity index (χ1n) is 7.68. The van der Waals surface area contributed by atoms with Crippen molar-refractivity contribution in [2.24, 2.45) is 17.3 Å². The van der Waals surface area contributed by atoms with Gasteiger partial charge in [-0.05, 0) is 49.4 Å². The lowest BCUT2D eigenvalue weighted by molar-refractivity contribution is -0.0680. The fourth-order valence-corrected chi connectivity index (χ4v) is 4.61. The van der Waals surface area contributed by atoms with Crippen molar-refractivity contribution in [3.8, 4) is 0 Å². The van der Waals surface area contributed by atoms with Crippen LogP contribution in [0, 0.1) is 17.3 Å². The number of hydrogen-bond donors (Lipinski definition) is 1. The average molecular weight is 257 g/mol. The molecular formula is C15H25F2N. The van der Waals surface area contributed by atoms with Crippen molar-refractivity contribution in [1.29, 1.82) is 0 Å². The highest BCUT2D eigenvalue weighted by Gasteiger charge is 2.48.